The lowest BCUT2D eigenvalue weighted by atomic mass is 10.1. The van der Waals surface area contributed by atoms with Gasteiger partial charge in [-0.25, -0.2) is 14.8 Å². The van der Waals surface area contributed by atoms with Crippen molar-refractivity contribution in [3.63, 3.8) is 0 Å². The van der Waals surface area contributed by atoms with Gasteiger partial charge in [0.2, 0.25) is 5.95 Å². The summed E-state index contributed by atoms with van der Waals surface area (Å²) in [4.78, 5) is 19.5. The second kappa shape index (κ2) is 14.7. The minimum absolute atomic E-state index is 0.374. The van der Waals surface area contributed by atoms with Gasteiger partial charge >= 0.3 is 5.97 Å². The third kappa shape index (κ3) is 10.7. The molecule has 0 aromatic carbocycles. The van der Waals surface area contributed by atoms with Gasteiger partial charge < -0.3 is 10.1 Å². The lowest BCUT2D eigenvalue weighted by molar-refractivity contribution is 0.0600. The van der Waals surface area contributed by atoms with Crippen LogP contribution in [0.3, 0.4) is 0 Å². The number of carbonyl (C=O) groups excluding carboxylic acids is 1. The normalized spacial score (nSPS) is 10.6. The average Bonchev–Trinajstić information content (AvgIpc) is 2.65. The largest absolute Gasteiger partial charge is 0.465 e. The van der Waals surface area contributed by atoms with Gasteiger partial charge in [0.05, 0.1) is 12.7 Å². The first-order chi connectivity index (χ1) is 12.3. The first-order valence-electron chi connectivity index (χ1n) is 9.92. The zero-order valence-electron chi connectivity index (χ0n) is 16.1. The first-order valence-corrected chi connectivity index (χ1v) is 9.92. The number of nitrogens with one attached hydrogen (secondary N) is 1. The van der Waals surface area contributed by atoms with Crippen molar-refractivity contribution in [1.29, 1.82) is 0 Å². The molecule has 1 aromatic heterocycles. The molecule has 1 heterocycles. The standard InChI is InChI=1S/C20H35N3O2/c1-3-4-5-6-7-8-9-10-11-12-13-14-15-21-20-22-16-18(17-23-20)19(24)25-2/h16-17H,3-15H2,1-2H3,(H,21,22,23). The fourth-order valence-corrected chi connectivity index (χ4v) is 2.81. The summed E-state index contributed by atoms with van der Waals surface area (Å²) in [5, 5.41) is 3.19. The van der Waals surface area contributed by atoms with Crippen molar-refractivity contribution >= 4 is 11.9 Å². The van der Waals surface area contributed by atoms with Crippen molar-refractivity contribution in [2.24, 2.45) is 0 Å². The molecule has 0 aliphatic heterocycles. The number of hydrogen-bond acceptors (Lipinski definition) is 5. The van der Waals surface area contributed by atoms with Crippen molar-refractivity contribution in [1.82, 2.24) is 9.97 Å². The minimum Gasteiger partial charge on any atom is -0.465 e. The molecule has 0 aliphatic rings. The van der Waals surface area contributed by atoms with Crippen LogP contribution in [-0.2, 0) is 4.74 Å². The van der Waals surface area contributed by atoms with Crippen LogP contribution in [0.2, 0.25) is 0 Å². The first kappa shape index (κ1) is 21.4. The number of carbonyl (C=O) groups is 1. The van der Waals surface area contributed by atoms with Crippen LogP contribution in [0.1, 0.15) is 94.3 Å². The number of esters is 1. The summed E-state index contributed by atoms with van der Waals surface area (Å²) >= 11 is 0. The maximum Gasteiger partial charge on any atom is 0.341 e. The summed E-state index contributed by atoms with van der Waals surface area (Å²) in [7, 11) is 1.35. The van der Waals surface area contributed by atoms with Crippen LogP contribution in [0.15, 0.2) is 12.4 Å². The van der Waals surface area contributed by atoms with Gasteiger partial charge in [-0.1, -0.05) is 77.6 Å². The molecule has 0 amide bonds. The Balaban J connectivity index is 1.91. The molecule has 0 aliphatic carbocycles. The van der Waals surface area contributed by atoms with E-state index in [1.54, 1.807) is 0 Å². The summed E-state index contributed by atoms with van der Waals surface area (Å²) in [5.74, 6) is 0.156. The van der Waals surface area contributed by atoms with Gasteiger partial charge in [0.25, 0.3) is 0 Å². The minimum atomic E-state index is -0.410. The van der Waals surface area contributed by atoms with Gasteiger partial charge in [-0.2, -0.15) is 0 Å². The van der Waals surface area contributed by atoms with Crippen molar-refractivity contribution in [3.05, 3.63) is 18.0 Å². The molecule has 0 atom stereocenters. The maximum absolute atomic E-state index is 11.3. The summed E-state index contributed by atoms with van der Waals surface area (Å²) in [6.45, 7) is 3.14. The number of methoxy groups -OCH3 is 1. The molecule has 5 nitrogen and oxygen atoms in total. The average molecular weight is 350 g/mol. The Hall–Kier alpha value is -1.65. The zero-order valence-corrected chi connectivity index (χ0v) is 16.1. The molecule has 1 aromatic rings. The molecule has 5 heteroatoms. The van der Waals surface area contributed by atoms with Gasteiger partial charge in [-0.15, -0.1) is 0 Å². The Morgan fingerprint density at radius 1 is 0.880 bits per heavy atom. The van der Waals surface area contributed by atoms with E-state index in [1.807, 2.05) is 0 Å². The Morgan fingerprint density at radius 2 is 1.36 bits per heavy atom. The topological polar surface area (TPSA) is 64.1 Å². The second-order valence-corrected chi connectivity index (χ2v) is 6.60. The van der Waals surface area contributed by atoms with Crippen LogP contribution in [0.5, 0.6) is 0 Å². The summed E-state index contributed by atoms with van der Waals surface area (Å²) < 4.78 is 4.62. The number of hydrogen-bond donors (Lipinski definition) is 1. The highest BCUT2D eigenvalue weighted by Gasteiger charge is 2.06. The second-order valence-electron chi connectivity index (χ2n) is 6.60. The molecule has 1 N–H and O–H groups in total. The van der Waals surface area contributed by atoms with Crippen LogP contribution in [0, 0.1) is 0 Å². The number of aromatic nitrogens is 2. The van der Waals surface area contributed by atoms with E-state index < -0.39 is 5.97 Å². The van der Waals surface area contributed by atoms with Crippen molar-refractivity contribution in [2.75, 3.05) is 19.0 Å². The fourth-order valence-electron chi connectivity index (χ4n) is 2.81. The molecule has 25 heavy (non-hydrogen) atoms. The van der Waals surface area contributed by atoms with E-state index in [4.69, 9.17) is 0 Å². The molecule has 142 valence electrons. The molecule has 1 rings (SSSR count). The van der Waals surface area contributed by atoms with E-state index in [9.17, 15) is 4.79 Å². The van der Waals surface area contributed by atoms with Crippen molar-refractivity contribution in [3.8, 4) is 0 Å². The van der Waals surface area contributed by atoms with E-state index in [0.29, 0.717) is 11.5 Å². The molecule has 0 fully saturated rings. The smallest absolute Gasteiger partial charge is 0.341 e. The molecule has 0 spiro atoms. The number of ether oxygens (including phenoxy) is 1. The van der Waals surface area contributed by atoms with Crippen LogP contribution >= 0.6 is 0 Å². The third-order valence-electron chi connectivity index (χ3n) is 4.39. The summed E-state index contributed by atoms with van der Waals surface area (Å²) in [5.41, 5.74) is 0.374. The lowest BCUT2D eigenvalue weighted by Crippen LogP contribution is -2.08. The van der Waals surface area contributed by atoms with E-state index in [1.165, 1.54) is 90.1 Å². The number of anilines is 1. The zero-order chi connectivity index (χ0) is 18.2. The number of unbranched alkanes of at least 4 members (excludes halogenated alkanes) is 11. The third-order valence-corrected chi connectivity index (χ3v) is 4.39. The van der Waals surface area contributed by atoms with Gasteiger partial charge in [0.1, 0.15) is 0 Å². The van der Waals surface area contributed by atoms with E-state index >= 15 is 0 Å². The van der Waals surface area contributed by atoms with Crippen LogP contribution < -0.4 is 5.32 Å². The molecular weight excluding hydrogens is 314 g/mol. The van der Waals surface area contributed by atoms with Crippen LogP contribution in [0.25, 0.3) is 0 Å². The molecule has 0 saturated heterocycles. The quantitative estimate of drug-likeness (QED) is 0.340. The monoisotopic (exact) mass is 349 g/mol. The lowest BCUT2D eigenvalue weighted by Gasteiger charge is -2.05. The van der Waals surface area contributed by atoms with Crippen LogP contribution in [-0.4, -0.2) is 29.6 Å². The highest BCUT2D eigenvalue weighted by molar-refractivity contribution is 5.88. The molecule has 0 bridgehead atoms. The van der Waals surface area contributed by atoms with Gasteiger partial charge in [-0.05, 0) is 6.42 Å². The number of rotatable bonds is 15. The molecular formula is C20H35N3O2. The summed E-state index contributed by atoms with van der Waals surface area (Å²) in [6.07, 6.45) is 19.1. The number of nitrogens with zero attached hydrogens (tertiary/aromatic N) is 2. The highest BCUT2D eigenvalue weighted by atomic mass is 16.5. The Labute approximate surface area is 153 Å². The predicted octanol–water partition coefficient (Wildman–Crippen LogP) is 5.38. The van der Waals surface area contributed by atoms with Crippen molar-refractivity contribution < 1.29 is 9.53 Å². The SMILES string of the molecule is CCCCCCCCCCCCCCNc1ncc(C(=O)OC)cn1. The van der Waals surface area contributed by atoms with E-state index in [0.717, 1.165) is 13.0 Å². The van der Waals surface area contributed by atoms with E-state index in [-0.39, 0.29) is 0 Å². The predicted molar refractivity (Wildman–Crippen MR) is 103 cm³/mol. The Morgan fingerprint density at radius 3 is 1.84 bits per heavy atom. The summed E-state index contributed by atoms with van der Waals surface area (Å²) in [6, 6.07) is 0. The highest BCUT2D eigenvalue weighted by Crippen LogP contribution is 2.12. The Kier molecular flexibility index (Phi) is 12.6. The Bertz CT molecular complexity index is 449. The fraction of sp³-hybridized carbons (Fsp3) is 0.750. The van der Waals surface area contributed by atoms with Gasteiger partial charge in [0, 0.05) is 18.9 Å². The van der Waals surface area contributed by atoms with E-state index in [2.05, 4.69) is 26.9 Å². The maximum atomic E-state index is 11.3. The molecule has 0 saturated carbocycles. The van der Waals surface area contributed by atoms with Gasteiger partial charge in [0.15, 0.2) is 0 Å². The van der Waals surface area contributed by atoms with Crippen LogP contribution in [0.4, 0.5) is 5.95 Å². The molecule has 0 unspecified atom stereocenters. The molecule has 0 radical (unpaired) electrons. The van der Waals surface area contributed by atoms with Gasteiger partial charge in [-0.3, -0.25) is 0 Å². The van der Waals surface area contributed by atoms with Crippen molar-refractivity contribution in [2.45, 2.75) is 84.0 Å².